The standard InChI is InChI=1S/C18H30N2/c1-6-20(7-2)13-14(3)19-17-16-11-9-8-10-15(16)12-18(17,4)5/h8-11,14,17,19H,6-7,12-13H2,1-5H3. The van der Waals surface area contributed by atoms with Crippen molar-refractivity contribution in [3.8, 4) is 0 Å². The highest BCUT2D eigenvalue weighted by Gasteiger charge is 2.39. The Balaban J connectivity index is 2.08. The lowest BCUT2D eigenvalue weighted by molar-refractivity contribution is 0.213. The number of hydrogen-bond donors (Lipinski definition) is 1. The molecule has 2 heteroatoms. The molecule has 1 aliphatic carbocycles. The lowest BCUT2D eigenvalue weighted by atomic mass is 9.85. The Morgan fingerprint density at radius 1 is 1.25 bits per heavy atom. The highest BCUT2D eigenvalue weighted by molar-refractivity contribution is 5.37. The van der Waals surface area contributed by atoms with Crippen molar-refractivity contribution in [1.82, 2.24) is 10.2 Å². The van der Waals surface area contributed by atoms with Crippen molar-refractivity contribution in [2.45, 2.75) is 53.1 Å². The molecule has 0 aliphatic heterocycles. The minimum Gasteiger partial charge on any atom is -0.306 e. The molecule has 1 aromatic rings. The van der Waals surface area contributed by atoms with Crippen molar-refractivity contribution < 1.29 is 0 Å². The summed E-state index contributed by atoms with van der Waals surface area (Å²) < 4.78 is 0. The average molecular weight is 274 g/mol. The van der Waals surface area contributed by atoms with Crippen molar-refractivity contribution in [2.75, 3.05) is 19.6 Å². The van der Waals surface area contributed by atoms with Gasteiger partial charge in [0, 0.05) is 18.6 Å². The minimum atomic E-state index is 0.307. The van der Waals surface area contributed by atoms with Gasteiger partial charge in [-0.2, -0.15) is 0 Å². The minimum absolute atomic E-state index is 0.307. The Morgan fingerprint density at radius 3 is 2.55 bits per heavy atom. The first-order valence-electron chi connectivity index (χ1n) is 8.04. The predicted octanol–water partition coefficient (Wildman–Crippen LogP) is 3.63. The summed E-state index contributed by atoms with van der Waals surface area (Å²) in [6.45, 7) is 15.0. The maximum absolute atomic E-state index is 3.88. The SMILES string of the molecule is CCN(CC)CC(C)NC1c2ccccc2CC1(C)C. The molecule has 2 rings (SSSR count). The zero-order valence-corrected chi connectivity index (χ0v) is 13.7. The molecule has 1 N–H and O–H groups in total. The average Bonchev–Trinajstić information content (AvgIpc) is 2.67. The third kappa shape index (κ3) is 3.24. The molecular weight excluding hydrogens is 244 g/mol. The highest BCUT2D eigenvalue weighted by Crippen LogP contribution is 2.45. The summed E-state index contributed by atoms with van der Waals surface area (Å²) in [4.78, 5) is 2.49. The second-order valence-corrected chi connectivity index (χ2v) is 6.85. The smallest absolute Gasteiger partial charge is 0.0380 e. The van der Waals surface area contributed by atoms with E-state index in [1.54, 1.807) is 0 Å². The van der Waals surface area contributed by atoms with Gasteiger partial charge in [-0.25, -0.2) is 0 Å². The molecule has 0 radical (unpaired) electrons. The summed E-state index contributed by atoms with van der Waals surface area (Å²) in [6.07, 6.45) is 1.18. The van der Waals surface area contributed by atoms with E-state index in [0.29, 0.717) is 17.5 Å². The Kier molecular flexibility index (Phi) is 4.87. The Labute approximate surface area is 124 Å². The number of nitrogens with zero attached hydrogens (tertiary/aromatic N) is 1. The van der Waals surface area contributed by atoms with Gasteiger partial charge in [-0.3, -0.25) is 0 Å². The summed E-state index contributed by atoms with van der Waals surface area (Å²) in [5.41, 5.74) is 3.33. The third-order valence-corrected chi connectivity index (χ3v) is 4.67. The Hall–Kier alpha value is -0.860. The van der Waals surface area contributed by atoms with E-state index in [1.807, 2.05) is 0 Å². The van der Waals surface area contributed by atoms with Crippen LogP contribution in [0, 0.1) is 5.41 Å². The lowest BCUT2D eigenvalue weighted by Crippen LogP contribution is -2.43. The van der Waals surface area contributed by atoms with Crippen LogP contribution < -0.4 is 5.32 Å². The quantitative estimate of drug-likeness (QED) is 0.852. The summed E-state index contributed by atoms with van der Waals surface area (Å²) in [5, 5.41) is 3.88. The molecule has 0 fully saturated rings. The van der Waals surface area contributed by atoms with Crippen molar-refractivity contribution >= 4 is 0 Å². The molecule has 0 amide bonds. The van der Waals surface area contributed by atoms with Crippen LogP contribution in [0.2, 0.25) is 0 Å². The van der Waals surface area contributed by atoms with Crippen molar-refractivity contribution in [2.24, 2.45) is 5.41 Å². The molecule has 112 valence electrons. The monoisotopic (exact) mass is 274 g/mol. The van der Waals surface area contributed by atoms with E-state index in [0.717, 1.165) is 19.6 Å². The van der Waals surface area contributed by atoms with Gasteiger partial charge in [0.2, 0.25) is 0 Å². The Morgan fingerprint density at radius 2 is 1.90 bits per heavy atom. The molecule has 2 atom stereocenters. The van der Waals surface area contributed by atoms with E-state index < -0.39 is 0 Å². The highest BCUT2D eigenvalue weighted by atomic mass is 15.1. The molecule has 0 saturated carbocycles. The number of rotatable bonds is 6. The summed E-state index contributed by atoms with van der Waals surface area (Å²) in [6, 6.07) is 9.91. The van der Waals surface area contributed by atoms with E-state index >= 15 is 0 Å². The maximum Gasteiger partial charge on any atom is 0.0380 e. The molecule has 0 bridgehead atoms. The second kappa shape index (κ2) is 6.28. The van der Waals surface area contributed by atoms with E-state index in [-0.39, 0.29) is 0 Å². The van der Waals surface area contributed by atoms with E-state index in [4.69, 9.17) is 0 Å². The van der Waals surface area contributed by atoms with Gasteiger partial charge in [-0.15, -0.1) is 0 Å². The molecule has 20 heavy (non-hydrogen) atoms. The van der Waals surface area contributed by atoms with Crippen LogP contribution in [0.15, 0.2) is 24.3 Å². The number of nitrogens with one attached hydrogen (secondary N) is 1. The van der Waals surface area contributed by atoms with E-state index in [2.05, 4.69) is 69.1 Å². The summed E-state index contributed by atoms with van der Waals surface area (Å²) in [7, 11) is 0. The van der Waals surface area contributed by atoms with Gasteiger partial charge in [-0.05, 0) is 43.0 Å². The van der Waals surface area contributed by atoms with Gasteiger partial charge in [0.05, 0.1) is 0 Å². The number of likely N-dealkylation sites (N-methyl/N-ethyl adjacent to an activating group) is 1. The molecule has 0 saturated heterocycles. The third-order valence-electron chi connectivity index (χ3n) is 4.67. The zero-order chi connectivity index (χ0) is 14.8. The molecule has 2 unspecified atom stereocenters. The molecule has 0 heterocycles. The van der Waals surface area contributed by atoms with Crippen molar-refractivity contribution in [3.63, 3.8) is 0 Å². The van der Waals surface area contributed by atoms with Crippen LogP contribution in [0.1, 0.15) is 51.8 Å². The molecular formula is C18H30N2. The van der Waals surface area contributed by atoms with Crippen LogP contribution in [-0.4, -0.2) is 30.6 Å². The van der Waals surface area contributed by atoms with Crippen LogP contribution in [-0.2, 0) is 6.42 Å². The van der Waals surface area contributed by atoms with E-state index in [9.17, 15) is 0 Å². The fourth-order valence-corrected chi connectivity index (χ4v) is 3.51. The number of benzene rings is 1. The first-order chi connectivity index (χ1) is 9.47. The van der Waals surface area contributed by atoms with Gasteiger partial charge < -0.3 is 10.2 Å². The first kappa shape index (κ1) is 15.5. The van der Waals surface area contributed by atoms with Gasteiger partial charge in [-0.1, -0.05) is 52.0 Å². The van der Waals surface area contributed by atoms with E-state index in [1.165, 1.54) is 17.5 Å². The number of hydrogen-bond acceptors (Lipinski definition) is 2. The molecule has 1 aliphatic rings. The fourth-order valence-electron chi connectivity index (χ4n) is 3.51. The van der Waals surface area contributed by atoms with Crippen LogP contribution in [0.3, 0.4) is 0 Å². The lowest BCUT2D eigenvalue weighted by Gasteiger charge is -2.33. The van der Waals surface area contributed by atoms with Crippen LogP contribution in [0.25, 0.3) is 0 Å². The fraction of sp³-hybridized carbons (Fsp3) is 0.667. The van der Waals surface area contributed by atoms with Crippen LogP contribution in [0.4, 0.5) is 0 Å². The second-order valence-electron chi connectivity index (χ2n) is 6.85. The van der Waals surface area contributed by atoms with Crippen molar-refractivity contribution in [3.05, 3.63) is 35.4 Å². The largest absolute Gasteiger partial charge is 0.306 e. The van der Waals surface area contributed by atoms with Gasteiger partial charge in [0.1, 0.15) is 0 Å². The first-order valence-corrected chi connectivity index (χ1v) is 8.04. The molecule has 0 spiro atoms. The molecule has 0 aromatic heterocycles. The summed E-state index contributed by atoms with van der Waals surface area (Å²) in [5.74, 6) is 0. The maximum atomic E-state index is 3.88. The normalized spacial score (nSPS) is 22.0. The predicted molar refractivity (Wildman–Crippen MR) is 87.1 cm³/mol. The molecule has 1 aromatic carbocycles. The van der Waals surface area contributed by atoms with Gasteiger partial charge in [0.15, 0.2) is 0 Å². The Bertz CT molecular complexity index is 435. The van der Waals surface area contributed by atoms with Crippen LogP contribution in [0.5, 0.6) is 0 Å². The van der Waals surface area contributed by atoms with Gasteiger partial charge in [0.25, 0.3) is 0 Å². The molecule has 2 nitrogen and oxygen atoms in total. The topological polar surface area (TPSA) is 15.3 Å². The zero-order valence-electron chi connectivity index (χ0n) is 13.7. The summed E-state index contributed by atoms with van der Waals surface area (Å²) >= 11 is 0. The van der Waals surface area contributed by atoms with Gasteiger partial charge >= 0.3 is 0 Å². The van der Waals surface area contributed by atoms with Crippen LogP contribution >= 0.6 is 0 Å². The van der Waals surface area contributed by atoms with Crippen molar-refractivity contribution in [1.29, 1.82) is 0 Å². The number of fused-ring (bicyclic) bond motifs is 1.